The molecule has 1 atom stereocenters. The second kappa shape index (κ2) is 9.18. The van der Waals surface area contributed by atoms with Crippen LogP contribution in [-0.2, 0) is 11.3 Å². The number of carboxylic acid groups (broad SMARTS) is 1. The third kappa shape index (κ3) is 6.70. The Balaban J connectivity index is 2.26. The molecule has 32 heavy (non-hydrogen) atoms. The van der Waals surface area contributed by atoms with Crippen molar-refractivity contribution in [1.29, 1.82) is 0 Å². The minimum atomic E-state index is -5.12. The number of aromatic carboxylic acids is 1. The van der Waals surface area contributed by atoms with E-state index in [-0.39, 0.29) is 24.7 Å². The summed E-state index contributed by atoms with van der Waals surface area (Å²) in [6, 6.07) is 0.990. The Hall–Kier alpha value is -3.09. The molecule has 1 aliphatic rings. The van der Waals surface area contributed by atoms with Gasteiger partial charge in [-0.15, -0.1) is 13.2 Å². The number of benzene rings is 1. The fraction of sp³-hybridized carbons (Fsp3) is 0.579. The van der Waals surface area contributed by atoms with Crippen molar-refractivity contribution in [2.24, 2.45) is 0 Å². The molecule has 0 radical (unpaired) electrons. The zero-order valence-electron chi connectivity index (χ0n) is 17.9. The van der Waals surface area contributed by atoms with Crippen molar-refractivity contribution >= 4 is 17.7 Å². The van der Waals surface area contributed by atoms with Crippen LogP contribution in [0, 0.1) is 10.1 Å². The van der Waals surface area contributed by atoms with Crippen LogP contribution in [0.1, 0.15) is 43.1 Å². The lowest BCUT2D eigenvalue weighted by Gasteiger charge is -2.28. The lowest BCUT2D eigenvalue weighted by molar-refractivity contribution is -0.385. The molecule has 10 nitrogen and oxygen atoms in total. The molecule has 178 valence electrons. The number of nitrogens with zero attached hydrogens (tertiary/aromatic N) is 3. The van der Waals surface area contributed by atoms with E-state index in [9.17, 15) is 32.9 Å². The van der Waals surface area contributed by atoms with Gasteiger partial charge < -0.3 is 19.5 Å². The molecule has 1 aromatic rings. The number of likely N-dealkylation sites (tertiary alicyclic amines) is 1. The highest BCUT2D eigenvalue weighted by molar-refractivity contribution is 5.93. The zero-order chi connectivity index (χ0) is 24.4. The van der Waals surface area contributed by atoms with Crippen molar-refractivity contribution in [3.05, 3.63) is 33.4 Å². The molecule has 1 N–H and O–H groups in total. The third-order valence-electron chi connectivity index (χ3n) is 4.70. The van der Waals surface area contributed by atoms with E-state index in [2.05, 4.69) is 4.74 Å². The molecule has 1 saturated heterocycles. The standard InChI is InChI=1S/C19H24F3N3O7/c1-18(2,3)32-17(28)23(4)12-5-6-24(10-12)9-11-7-14(25(29)30)13(16(26)27)8-15(11)31-19(20,21)22/h7-8,12H,5-6,9-10H2,1-4H3,(H,26,27)/t12-/m1/s1. The fourth-order valence-corrected chi connectivity index (χ4v) is 3.27. The van der Waals surface area contributed by atoms with Crippen molar-refractivity contribution in [1.82, 2.24) is 9.80 Å². The molecule has 1 heterocycles. The molecule has 0 aromatic heterocycles. The van der Waals surface area contributed by atoms with Crippen LogP contribution < -0.4 is 4.74 Å². The molecule has 2 rings (SSSR count). The van der Waals surface area contributed by atoms with Crippen LogP contribution in [0.25, 0.3) is 0 Å². The minimum Gasteiger partial charge on any atom is -0.477 e. The third-order valence-corrected chi connectivity index (χ3v) is 4.70. The number of alkyl halides is 3. The van der Waals surface area contributed by atoms with Gasteiger partial charge >= 0.3 is 18.4 Å². The predicted octanol–water partition coefficient (Wildman–Crippen LogP) is 3.63. The van der Waals surface area contributed by atoms with Gasteiger partial charge in [0.1, 0.15) is 16.9 Å². The first-order valence-corrected chi connectivity index (χ1v) is 9.56. The number of nitro benzene ring substituents is 1. The molecular weight excluding hydrogens is 439 g/mol. The summed E-state index contributed by atoms with van der Waals surface area (Å²) in [4.78, 5) is 36.9. The fourth-order valence-electron chi connectivity index (χ4n) is 3.27. The maximum atomic E-state index is 12.8. The van der Waals surface area contributed by atoms with Crippen LogP contribution in [0.3, 0.4) is 0 Å². The molecule has 0 bridgehead atoms. The predicted molar refractivity (Wildman–Crippen MR) is 104 cm³/mol. The first kappa shape index (κ1) is 25.2. The molecule has 0 spiro atoms. The molecule has 1 fully saturated rings. The van der Waals surface area contributed by atoms with Crippen molar-refractivity contribution in [3.8, 4) is 5.75 Å². The Kier molecular flexibility index (Phi) is 7.23. The van der Waals surface area contributed by atoms with Crippen LogP contribution >= 0.6 is 0 Å². The molecule has 1 aliphatic heterocycles. The minimum absolute atomic E-state index is 0.176. The normalized spacial score (nSPS) is 17.2. The van der Waals surface area contributed by atoms with Crippen molar-refractivity contribution < 1.29 is 42.3 Å². The topological polar surface area (TPSA) is 122 Å². The smallest absolute Gasteiger partial charge is 0.477 e. The highest BCUT2D eigenvalue weighted by Crippen LogP contribution is 2.34. The van der Waals surface area contributed by atoms with Gasteiger partial charge in [0, 0.05) is 50.4 Å². The number of rotatable bonds is 6. The number of nitro groups is 1. The molecular formula is C19H24F3N3O7. The number of likely N-dealkylation sites (N-methyl/N-ethyl adjacent to an activating group) is 1. The number of halogens is 3. The lowest BCUT2D eigenvalue weighted by Crippen LogP contribution is -2.42. The van der Waals surface area contributed by atoms with E-state index in [1.165, 1.54) is 4.90 Å². The number of ether oxygens (including phenoxy) is 2. The van der Waals surface area contributed by atoms with Crippen molar-refractivity contribution in [2.45, 2.75) is 51.7 Å². The number of hydrogen-bond donors (Lipinski definition) is 1. The number of carbonyl (C=O) groups is 2. The van der Waals surface area contributed by atoms with Gasteiger partial charge in [0.25, 0.3) is 5.69 Å². The summed E-state index contributed by atoms with van der Waals surface area (Å²) in [5.41, 5.74) is -2.65. The van der Waals surface area contributed by atoms with E-state index >= 15 is 0 Å². The van der Waals surface area contributed by atoms with E-state index in [0.29, 0.717) is 19.0 Å². The highest BCUT2D eigenvalue weighted by atomic mass is 19.4. The summed E-state index contributed by atoms with van der Waals surface area (Å²) < 4.78 is 47.8. The summed E-state index contributed by atoms with van der Waals surface area (Å²) >= 11 is 0. The summed E-state index contributed by atoms with van der Waals surface area (Å²) in [7, 11) is 1.55. The second-order valence-electron chi connectivity index (χ2n) is 8.36. The lowest BCUT2D eigenvalue weighted by atomic mass is 10.1. The largest absolute Gasteiger partial charge is 0.573 e. The SMILES string of the molecule is CN(C(=O)OC(C)(C)C)[C@@H]1CCN(Cc2cc([N+](=O)[O-])c(C(=O)O)cc2OC(F)(F)F)C1. The Bertz CT molecular complexity index is 899. The number of amides is 1. The van der Waals surface area contributed by atoms with E-state index < -0.39 is 45.9 Å². The Morgan fingerprint density at radius 1 is 1.31 bits per heavy atom. The number of hydrogen-bond acceptors (Lipinski definition) is 7. The van der Waals surface area contributed by atoms with Crippen molar-refractivity contribution in [2.75, 3.05) is 20.1 Å². The quantitative estimate of drug-likeness (QED) is 0.501. The van der Waals surface area contributed by atoms with Gasteiger partial charge in [0.2, 0.25) is 0 Å². The maximum Gasteiger partial charge on any atom is 0.573 e. The summed E-state index contributed by atoms with van der Waals surface area (Å²) in [6.07, 6.45) is -5.17. The van der Waals surface area contributed by atoms with Gasteiger partial charge in [-0.05, 0) is 27.2 Å². The molecule has 13 heteroatoms. The van der Waals surface area contributed by atoms with Gasteiger partial charge in [0.05, 0.1) is 4.92 Å². The van der Waals surface area contributed by atoms with Crippen LogP contribution in [0.4, 0.5) is 23.7 Å². The van der Waals surface area contributed by atoms with Crippen LogP contribution in [0.15, 0.2) is 12.1 Å². The first-order valence-electron chi connectivity index (χ1n) is 9.56. The van der Waals surface area contributed by atoms with Gasteiger partial charge in [-0.1, -0.05) is 0 Å². The van der Waals surface area contributed by atoms with Crippen LogP contribution in [-0.4, -0.2) is 70.0 Å². The van der Waals surface area contributed by atoms with Gasteiger partial charge in [-0.2, -0.15) is 0 Å². The van der Waals surface area contributed by atoms with E-state index in [1.54, 1.807) is 32.7 Å². The average molecular weight is 463 g/mol. The number of carboxylic acids is 1. The van der Waals surface area contributed by atoms with Gasteiger partial charge in [-0.3, -0.25) is 15.0 Å². The molecule has 0 unspecified atom stereocenters. The van der Waals surface area contributed by atoms with E-state index in [0.717, 1.165) is 6.07 Å². The van der Waals surface area contributed by atoms with Gasteiger partial charge in [0.15, 0.2) is 0 Å². The highest BCUT2D eigenvalue weighted by Gasteiger charge is 2.36. The first-order chi connectivity index (χ1) is 14.6. The van der Waals surface area contributed by atoms with Crippen LogP contribution in [0.2, 0.25) is 0 Å². The number of carbonyl (C=O) groups excluding carboxylic acids is 1. The van der Waals surface area contributed by atoms with E-state index in [1.807, 2.05) is 0 Å². The summed E-state index contributed by atoms with van der Waals surface area (Å²) in [5.74, 6) is -2.58. The van der Waals surface area contributed by atoms with Crippen LogP contribution in [0.5, 0.6) is 5.75 Å². The van der Waals surface area contributed by atoms with Gasteiger partial charge in [-0.25, -0.2) is 9.59 Å². The van der Waals surface area contributed by atoms with Crippen molar-refractivity contribution in [3.63, 3.8) is 0 Å². The summed E-state index contributed by atoms with van der Waals surface area (Å²) in [6.45, 7) is 5.64. The zero-order valence-corrected chi connectivity index (χ0v) is 17.9. The molecule has 0 aliphatic carbocycles. The Morgan fingerprint density at radius 2 is 1.94 bits per heavy atom. The summed E-state index contributed by atoms with van der Waals surface area (Å²) in [5, 5.41) is 20.4. The molecule has 1 amide bonds. The molecule has 0 saturated carbocycles. The van der Waals surface area contributed by atoms with E-state index in [4.69, 9.17) is 9.84 Å². The Labute approximate surface area is 181 Å². The monoisotopic (exact) mass is 463 g/mol. The Morgan fingerprint density at radius 3 is 2.44 bits per heavy atom. The molecule has 1 aromatic carbocycles. The maximum absolute atomic E-state index is 12.8. The second-order valence-corrected chi connectivity index (χ2v) is 8.36. The average Bonchev–Trinajstić information content (AvgIpc) is 3.07.